The minimum atomic E-state index is -4.39. The van der Waals surface area contributed by atoms with Crippen LogP contribution in [0.1, 0.15) is 5.56 Å². The van der Waals surface area contributed by atoms with Gasteiger partial charge in [-0.05, 0) is 18.2 Å². The highest BCUT2D eigenvalue weighted by Gasteiger charge is 2.30. The number of aryl methyl sites for hydroxylation is 1. The first kappa shape index (κ1) is 14.4. The van der Waals surface area contributed by atoms with Gasteiger partial charge in [0.15, 0.2) is 5.01 Å². The highest BCUT2D eigenvalue weighted by atomic mass is 32.1. The molecule has 0 spiro atoms. The van der Waals surface area contributed by atoms with Gasteiger partial charge >= 0.3 is 6.18 Å². The summed E-state index contributed by atoms with van der Waals surface area (Å²) in [5.74, 6) is 0. The maximum absolute atomic E-state index is 12.7. The summed E-state index contributed by atoms with van der Waals surface area (Å²) in [5.41, 5.74) is 0.116. The van der Waals surface area contributed by atoms with Crippen molar-refractivity contribution in [2.45, 2.75) is 6.18 Å². The zero-order valence-corrected chi connectivity index (χ0v) is 12.0. The SMILES string of the molecule is Cn1cc(-c2nnc(Nc3cccc(C(F)(F)F)c3)s2)nn1. The van der Waals surface area contributed by atoms with E-state index in [1.807, 2.05) is 0 Å². The van der Waals surface area contributed by atoms with E-state index in [-0.39, 0.29) is 5.69 Å². The van der Waals surface area contributed by atoms with Crippen molar-refractivity contribution in [3.8, 4) is 10.7 Å². The second kappa shape index (κ2) is 5.37. The van der Waals surface area contributed by atoms with E-state index < -0.39 is 11.7 Å². The molecule has 3 rings (SSSR count). The van der Waals surface area contributed by atoms with Crippen LogP contribution in [-0.4, -0.2) is 25.2 Å². The fourth-order valence-electron chi connectivity index (χ4n) is 1.72. The van der Waals surface area contributed by atoms with E-state index in [1.54, 1.807) is 13.2 Å². The van der Waals surface area contributed by atoms with Gasteiger partial charge in [-0.15, -0.1) is 15.3 Å². The van der Waals surface area contributed by atoms with Gasteiger partial charge in [0.2, 0.25) is 5.13 Å². The lowest BCUT2D eigenvalue weighted by Crippen LogP contribution is -2.05. The van der Waals surface area contributed by atoms with Crippen molar-refractivity contribution in [1.29, 1.82) is 0 Å². The van der Waals surface area contributed by atoms with E-state index in [0.29, 0.717) is 15.8 Å². The molecule has 0 unspecified atom stereocenters. The molecular formula is C12H9F3N6S. The number of rotatable bonds is 3. The molecule has 22 heavy (non-hydrogen) atoms. The van der Waals surface area contributed by atoms with Gasteiger partial charge in [0, 0.05) is 12.7 Å². The Balaban J connectivity index is 1.81. The third-order valence-electron chi connectivity index (χ3n) is 2.69. The number of alkyl halides is 3. The van der Waals surface area contributed by atoms with Crippen LogP contribution in [0.4, 0.5) is 24.0 Å². The first-order chi connectivity index (χ1) is 10.4. The van der Waals surface area contributed by atoms with Gasteiger partial charge in [-0.2, -0.15) is 13.2 Å². The molecule has 0 fully saturated rings. The summed E-state index contributed by atoms with van der Waals surface area (Å²) >= 11 is 1.18. The Morgan fingerprint density at radius 1 is 1.18 bits per heavy atom. The van der Waals surface area contributed by atoms with Crippen molar-refractivity contribution in [1.82, 2.24) is 25.2 Å². The molecule has 6 nitrogen and oxygen atoms in total. The summed E-state index contributed by atoms with van der Waals surface area (Å²) in [6.07, 6.45) is -2.71. The smallest absolute Gasteiger partial charge is 0.330 e. The molecule has 2 heterocycles. The van der Waals surface area contributed by atoms with Crippen molar-refractivity contribution in [2.24, 2.45) is 7.05 Å². The molecule has 0 aliphatic rings. The van der Waals surface area contributed by atoms with Crippen LogP contribution in [0.5, 0.6) is 0 Å². The Morgan fingerprint density at radius 2 is 2.00 bits per heavy atom. The lowest BCUT2D eigenvalue weighted by atomic mass is 10.2. The molecule has 1 N–H and O–H groups in total. The third kappa shape index (κ3) is 3.06. The Morgan fingerprint density at radius 3 is 2.68 bits per heavy atom. The van der Waals surface area contributed by atoms with Gasteiger partial charge < -0.3 is 5.32 Å². The summed E-state index contributed by atoms with van der Waals surface area (Å²) in [4.78, 5) is 0. The second-order valence-corrected chi connectivity index (χ2v) is 5.37. The summed E-state index contributed by atoms with van der Waals surface area (Å²) in [6.45, 7) is 0. The lowest BCUT2D eigenvalue weighted by molar-refractivity contribution is -0.137. The molecule has 1 aromatic carbocycles. The molecule has 0 radical (unpaired) electrons. The van der Waals surface area contributed by atoms with Crippen molar-refractivity contribution < 1.29 is 13.2 Å². The van der Waals surface area contributed by atoms with Crippen LogP contribution in [0.15, 0.2) is 30.5 Å². The first-order valence-corrected chi connectivity index (χ1v) is 6.88. The predicted molar refractivity (Wildman–Crippen MR) is 74.6 cm³/mol. The summed E-state index contributed by atoms with van der Waals surface area (Å²) < 4.78 is 39.5. The predicted octanol–water partition coefficient (Wildman–Crippen LogP) is 3.10. The van der Waals surface area contributed by atoms with Crippen LogP contribution in [0.2, 0.25) is 0 Å². The number of aromatic nitrogens is 5. The van der Waals surface area contributed by atoms with Crippen LogP contribution in [0.25, 0.3) is 10.7 Å². The van der Waals surface area contributed by atoms with Gasteiger partial charge in [0.1, 0.15) is 5.69 Å². The number of nitrogens with one attached hydrogen (secondary N) is 1. The number of halogens is 3. The van der Waals surface area contributed by atoms with Gasteiger partial charge in [0.05, 0.1) is 11.8 Å². The average molecular weight is 326 g/mol. The lowest BCUT2D eigenvalue weighted by Gasteiger charge is -2.08. The maximum atomic E-state index is 12.7. The highest BCUT2D eigenvalue weighted by molar-refractivity contribution is 7.18. The quantitative estimate of drug-likeness (QED) is 0.801. The molecule has 0 saturated heterocycles. The Hall–Kier alpha value is -2.49. The zero-order chi connectivity index (χ0) is 15.7. The Labute approximate surface area is 126 Å². The van der Waals surface area contributed by atoms with E-state index in [1.165, 1.54) is 28.2 Å². The van der Waals surface area contributed by atoms with Gasteiger partial charge in [-0.1, -0.05) is 22.6 Å². The summed E-state index contributed by atoms with van der Waals surface area (Å²) in [7, 11) is 1.72. The van der Waals surface area contributed by atoms with E-state index in [0.717, 1.165) is 12.1 Å². The third-order valence-corrected chi connectivity index (χ3v) is 3.55. The Bertz CT molecular complexity index is 794. The topological polar surface area (TPSA) is 68.5 Å². The molecule has 10 heteroatoms. The molecule has 0 bridgehead atoms. The van der Waals surface area contributed by atoms with Gasteiger partial charge in [-0.25, -0.2) is 0 Å². The number of anilines is 2. The molecule has 114 valence electrons. The van der Waals surface area contributed by atoms with E-state index in [4.69, 9.17) is 0 Å². The van der Waals surface area contributed by atoms with E-state index in [2.05, 4.69) is 25.8 Å². The molecular weight excluding hydrogens is 317 g/mol. The van der Waals surface area contributed by atoms with Gasteiger partial charge in [0.25, 0.3) is 0 Å². The molecule has 0 saturated carbocycles. The molecule has 3 aromatic rings. The second-order valence-electron chi connectivity index (χ2n) is 4.39. The fourth-order valence-corrected chi connectivity index (χ4v) is 2.43. The first-order valence-electron chi connectivity index (χ1n) is 6.06. The van der Waals surface area contributed by atoms with Crippen LogP contribution in [0, 0.1) is 0 Å². The van der Waals surface area contributed by atoms with Crippen LogP contribution < -0.4 is 5.32 Å². The number of benzene rings is 1. The monoisotopic (exact) mass is 326 g/mol. The van der Waals surface area contributed by atoms with Gasteiger partial charge in [-0.3, -0.25) is 4.68 Å². The molecule has 0 aliphatic heterocycles. The fraction of sp³-hybridized carbons (Fsp3) is 0.167. The van der Waals surface area contributed by atoms with Crippen LogP contribution in [-0.2, 0) is 13.2 Å². The van der Waals surface area contributed by atoms with Crippen molar-refractivity contribution >= 4 is 22.2 Å². The normalized spacial score (nSPS) is 11.6. The number of hydrogen-bond acceptors (Lipinski definition) is 6. The van der Waals surface area contributed by atoms with Crippen molar-refractivity contribution in [3.63, 3.8) is 0 Å². The summed E-state index contributed by atoms with van der Waals surface area (Å²) in [5, 5.41) is 19.2. The van der Waals surface area contributed by atoms with Crippen LogP contribution in [0.3, 0.4) is 0 Å². The highest BCUT2D eigenvalue weighted by Crippen LogP contribution is 2.32. The van der Waals surface area contributed by atoms with E-state index >= 15 is 0 Å². The minimum absolute atomic E-state index is 0.289. The maximum Gasteiger partial charge on any atom is 0.416 e. The minimum Gasteiger partial charge on any atom is -0.330 e. The standard InChI is InChI=1S/C12H9F3N6S/c1-21-6-9(17-20-21)10-18-19-11(22-10)16-8-4-2-3-7(5-8)12(13,14)15/h2-6H,1H3,(H,16,19). The number of nitrogens with zero attached hydrogens (tertiary/aromatic N) is 5. The average Bonchev–Trinajstić information content (AvgIpc) is 3.07. The zero-order valence-electron chi connectivity index (χ0n) is 11.2. The summed E-state index contributed by atoms with van der Waals surface area (Å²) in [6, 6.07) is 4.88. The molecule has 0 aliphatic carbocycles. The molecule has 0 amide bonds. The Kier molecular flexibility index (Phi) is 3.53. The molecule has 0 atom stereocenters. The molecule has 2 aromatic heterocycles. The number of hydrogen-bond donors (Lipinski definition) is 1. The van der Waals surface area contributed by atoms with Crippen LogP contribution >= 0.6 is 11.3 Å². The van der Waals surface area contributed by atoms with Crippen molar-refractivity contribution in [2.75, 3.05) is 5.32 Å². The largest absolute Gasteiger partial charge is 0.416 e. The van der Waals surface area contributed by atoms with E-state index in [9.17, 15) is 13.2 Å². The van der Waals surface area contributed by atoms with Crippen molar-refractivity contribution in [3.05, 3.63) is 36.0 Å².